The van der Waals surface area contributed by atoms with E-state index in [0.29, 0.717) is 13.2 Å². The Morgan fingerprint density at radius 1 is 1.18 bits per heavy atom. The first-order valence-corrected chi connectivity index (χ1v) is 7.91. The Labute approximate surface area is 136 Å². The fourth-order valence-electron chi connectivity index (χ4n) is 2.25. The normalized spacial score (nSPS) is 18.8. The van der Waals surface area contributed by atoms with Crippen LogP contribution in [-0.4, -0.2) is 12.5 Å². The molecule has 1 N–H and O–H groups in total. The van der Waals surface area contributed by atoms with Crippen LogP contribution in [0.15, 0.2) is 53.0 Å². The highest BCUT2D eigenvalue weighted by Gasteiger charge is 2.56. The van der Waals surface area contributed by atoms with Gasteiger partial charge in [-0.15, -0.1) is 0 Å². The third kappa shape index (κ3) is 3.97. The number of nitrogens with one attached hydrogen (secondary N) is 1. The van der Waals surface area contributed by atoms with Gasteiger partial charge in [0, 0.05) is 29.0 Å². The molecule has 22 heavy (non-hydrogen) atoms. The highest BCUT2D eigenvalue weighted by atomic mass is 79.9. The van der Waals surface area contributed by atoms with Crippen LogP contribution in [0.5, 0.6) is 5.75 Å². The number of alkyl halides is 2. The van der Waals surface area contributed by atoms with Gasteiger partial charge >= 0.3 is 0 Å². The van der Waals surface area contributed by atoms with Crippen LogP contribution in [0.1, 0.15) is 12.0 Å². The molecule has 0 bridgehead atoms. The molecule has 2 aromatic carbocycles. The lowest BCUT2D eigenvalue weighted by Crippen LogP contribution is -2.09. The summed E-state index contributed by atoms with van der Waals surface area (Å²) in [6.07, 6.45) is -0.0159. The Hall–Kier alpha value is -1.62. The van der Waals surface area contributed by atoms with Crippen LogP contribution in [0.3, 0.4) is 0 Å². The minimum Gasteiger partial charge on any atom is -0.489 e. The van der Waals surface area contributed by atoms with Crippen molar-refractivity contribution in [3.05, 3.63) is 58.6 Å². The second kappa shape index (κ2) is 6.24. The molecule has 1 fully saturated rings. The lowest BCUT2D eigenvalue weighted by Gasteiger charge is -2.11. The van der Waals surface area contributed by atoms with Gasteiger partial charge in [-0.25, -0.2) is 8.78 Å². The van der Waals surface area contributed by atoms with Crippen molar-refractivity contribution >= 4 is 21.6 Å². The minimum absolute atomic E-state index is 0.0159. The Morgan fingerprint density at radius 2 is 1.91 bits per heavy atom. The molecule has 1 unspecified atom stereocenters. The van der Waals surface area contributed by atoms with Crippen LogP contribution in [-0.2, 0) is 6.61 Å². The van der Waals surface area contributed by atoms with E-state index in [1.807, 2.05) is 48.5 Å². The summed E-state index contributed by atoms with van der Waals surface area (Å²) < 4.78 is 32.4. The van der Waals surface area contributed by atoms with E-state index in [4.69, 9.17) is 4.74 Å². The van der Waals surface area contributed by atoms with Crippen molar-refractivity contribution in [2.45, 2.75) is 19.0 Å². The maximum Gasteiger partial charge on any atom is 0.253 e. The van der Waals surface area contributed by atoms with Crippen molar-refractivity contribution < 1.29 is 13.5 Å². The highest BCUT2D eigenvalue weighted by Crippen LogP contribution is 2.48. The molecule has 0 radical (unpaired) electrons. The van der Waals surface area contributed by atoms with Crippen molar-refractivity contribution in [3.63, 3.8) is 0 Å². The van der Waals surface area contributed by atoms with E-state index in [0.717, 1.165) is 21.5 Å². The van der Waals surface area contributed by atoms with E-state index < -0.39 is 11.8 Å². The predicted molar refractivity (Wildman–Crippen MR) is 86.5 cm³/mol. The second-order valence-corrected chi connectivity index (χ2v) is 6.41. The van der Waals surface area contributed by atoms with Gasteiger partial charge in [0.05, 0.1) is 0 Å². The number of rotatable bonds is 6. The van der Waals surface area contributed by atoms with Crippen molar-refractivity contribution in [3.8, 4) is 5.75 Å². The first-order chi connectivity index (χ1) is 10.5. The van der Waals surface area contributed by atoms with Crippen molar-refractivity contribution in [1.29, 1.82) is 0 Å². The number of para-hydroxylation sites is 1. The van der Waals surface area contributed by atoms with Gasteiger partial charge in [0.2, 0.25) is 0 Å². The molecule has 2 aromatic rings. The fraction of sp³-hybridized carbons (Fsp3) is 0.294. The van der Waals surface area contributed by atoms with Crippen LogP contribution in [0, 0.1) is 5.92 Å². The summed E-state index contributed by atoms with van der Waals surface area (Å²) in [5.41, 5.74) is 1.80. The molecule has 116 valence electrons. The molecule has 1 atom stereocenters. The average molecular weight is 368 g/mol. The van der Waals surface area contributed by atoms with E-state index in [2.05, 4.69) is 21.2 Å². The first kappa shape index (κ1) is 15.3. The van der Waals surface area contributed by atoms with Gasteiger partial charge in [-0.3, -0.25) is 0 Å². The topological polar surface area (TPSA) is 21.3 Å². The van der Waals surface area contributed by atoms with E-state index in [-0.39, 0.29) is 6.42 Å². The zero-order valence-electron chi connectivity index (χ0n) is 11.9. The zero-order chi connectivity index (χ0) is 15.6. The van der Waals surface area contributed by atoms with Crippen molar-refractivity contribution in [1.82, 2.24) is 0 Å². The highest BCUT2D eigenvalue weighted by molar-refractivity contribution is 9.10. The third-order valence-corrected chi connectivity index (χ3v) is 4.07. The molecule has 0 amide bonds. The molecule has 0 aromatic heterocycles. The van der Waals surface area contributed by atoms with Gasteiger partial charge in [-0.2, -0.15) is 0 Å². The van der Waals surface area contributed by atoms with E-state index in [1.54, 1.807) is 0 Å². The Kier molecular flexibility index (Phi) is 4.34. The van der Waals surface area contributed by atoms with Crippen LogP contribution < -0.4 is 10.1 Å². The lowest BCUT2D eigenvalue weighted by atomic mass is 10.2. The van der Waals surface area contributed by atoms with Crippen molar-refractivity contribution in [2.24, 2.45) is 5.92 Å². The zero-order valence-corrected chi connectivity index (χ0v) is 13.4. The van der Waals surface area contributed by atoms with Crippen LogP contribution in [0.4, 0.5) is 14.5 Å². The molecular formula is C17H16BrF2NO. The number of anilines is 1. The summed E-state index contributed by atoms with van der Waals surface area (Å²) in [6.45, 7) is 0.722. The maximum atomic E-state index is 12.9. The minimum atomic E-state index is -2.49. The Morgan fingerprint density at radius 3 is 2.59 bits per heavy atom. The quantitative estimate of drug-likeness (QED) is 0.767. The molecular weight excluding hydrogens is 352 g/mol. The van der Waals surface area contributed by atoms with Gasteiger partial charge in [0.25, 0.3) is 5.92 Å². The van der Waals surface area contributed by atoms with E-state index in [9.17, 15) is 8.78 Å². The maximum absolute atomic E-state index is 12.9. The summed E-state index contributed by atoms with van der Waals surface area (Å²) in [5.74, 6) is -2.23. The smallest absolute Gasteiger partial charge is 0.253 e. The molecule has 0 aliphatic heterocycles. The summed E-state index contributed by atoms with van der Waals surface area (Å²) >= 11 is 3.44. The monoisotopic (exact) mass is 367 g/mol. The summed E-state index contributed by atoms with van der Waals surface area (Å²) in [5, 5.41) is 3.08. The summed E-state index contributed by atoms with van der Waals surface area (Å²) in [4.78, 5) is 0. The largest absolute Gasteiger partial charge is 0.489 e. The van der Waals surface area contributed by atoms with Crippen LogP contribution in [0.25, 0.3) is 0 Å². The Balaban J connectivity index is 1.60. The van der Waals surface area contributed by atoms with E-state index >= 15 is 0 Å². The molecule has 1 aliphatic rings. The number of ether oxygens (including phenoxy) is 1. The summed E-state index contributed by atoms with van der Waals surface area (Å²) in [6, 6.07) is 15.3. The predicted octanol–water partition coefficient (Wildman–Crippen LogP) is 5.10. The summed E-state index contributed by atoms with van der Waals surface area (Å²) in [7, 11) is 0. The number of benzene rings is 2. The molecule has 0 saturated heterocycles. The van der Waals surface area contributed by atoms with Crippen LogP contribution in [0.2, 0.25) is 0 Å². The molecule has 3 rings (SSSR count). The van der Waals surface area contributed by atoms with E-state index in [1.165, 1.54) is 0 Å². The third-order valence-electron chi connectivity index (χ3n) is 3.61. The molecule has 1 aliphatic carbocycles. The number of hydrogen-bond acceptors (Lipinski definition) is 2. The fourth-order valence-corrected chi connectivity index (χ4v) is 2.79. The number of halogens is 3. The number of hydrogen-bond donors (Lipinski definition) is 1. The van der Waals surface area contributed by atoms with Crippen molar-refractivity contribution in [2.75, 3.05) is 11.9 Å². The van der Waals surface area contributed by atoms with Gasteiger partial charge in [-0.1, -0.05) is 34.1 Å². The molecule has 5 heteroatoms. The molecule has 2 nitrogen and oxygen atoms in total. The van der Waals surface area contributed by atoms with Gasteiger partial charge < -0.3 is 10.1 Å². The first-order valence-electron chi connectivity index (χ1n) is 7.12. The molecule has 0 spiro atoms. The molecule has 1 saturated carbocycles. The van der Waals surface area contributed by atoms with Gasteiger partial charge in [0.1, 0.15) is 12.4 Å². The Bertz CT molecular complexity index is 648. The van der Waals surface area contributed by atoms with Gasteiger partial charge in [0.15, 0.2) is 0 Å². The average Bonchev–Trinajstić information content (AvgIpc) is 3.11. The lowest BCUT2D eigenvalue weighted by molar-refractivity contribution is 0.101. The standard InChI is InChI=1S/C17H16BrF2NO/c18-14-6-12(11-22-16-4-2-1-3-5-16)7-15(8-14)21-10-13-9-17(13,19)20/h1-8,13,21H,9-11H2. The molecule has 0 heterocycles. The van der Waals surface area contributed by atoms with Gasteiger partial charge in [-0.05, 0) is 35.9 Å². The second-order valence-electron chi connectivity index (χ2n) is 5.49. The van der Waals surface area contributed by atoms with Crippen LogP contribution >= 0.6 is 15.9 Å². The SMILES string of the molecule is FC1(F)CC1CNc1cc(Br)cc(COc2ccccc2)c1.